The first-order valence-electron chi connectivity index (χ1n) is 12.0. The van der Waals surface area contributed by atoms with E-state index in [0.717, 1.165) is 38.4 Å². The molecule has 4 unspecified atom stereocenters. The van der Waals surface area contributed by atoms with Gasteiger partial charge in [-0.1, -0.05) is 25.0 Å². The zero-order chi connectivity index (χ0) is 20.9. The number of carbonyl (C=O) groups is 2. The number of nitrogens with zero attached hydrogens (tertiary/aromatic N) is 3. The molecule has 166 valence electrons. The fourth-order valence-electron chi connectivity index (χ4n) is 5.66. The Balaban J connectivity index is 1.21. The van der Waals surface area contributed by atoms with Crippen molar-refractivity contribution in [3.05, 3.63) is 12.2 Å². The van der Waals surface area contributed by atoms with E-state index in [0.29, 0.717) is 13.1 Å². The summed E-state index contributed by atoms with van der Waals surface area (Å²) in [4.78, 5) is 34.3. The molecule has 2 bridgehead atoms. The van der Waals surface area contributed by atoms with Crippen LogP contribution in [0.1, 0.15) is 45.4 Å². The molecule has 2 aliphatic carbocycles. The van der Waals surface area contributed by atoms with Crippen molar-refractivity contribution in [3.8, 4) is 0 Å². The lowest BCUT2D eigenvalue weighted by molar-refractivity contribution is -0.140. The third kappa shape index (κ3) is 4.56. The molecule has 0 radical (unpaired) electrons. The molecule has 0 aromatic heterocycles. The second kappa shape index (κ2) is 9.94. The first-order chi connectivity index (χ1) is 14.7. The molecule has 0 aromatic rings. The minimum absolute atomic E-state index is 0.0306. The van der Waals surface area contributed by atoms with Crippen LogP contribution in [0.4, 0.5) is 0 Å². The third-order valence-corrected chi connectivity index (χ3v) is 7.13. The maximum absolute atomic E-state index is 12.8. The van der Waals surface area contributed by atoms with E-state index in [2.05, 4.69) is 32.7 Å². The van der Waals surface area contributed by atoms with Crippen molar-refractivity contribution in [2.45, 2.75) is 45.4 Å². The molecule has 2 amide bonds. The fraction of sp³-hybridized carbons (Fsp3) is 0.783. The number of imide groups is 1. The van der Waals surface area contributed by atoms with E-state index in [4.69, 9.17) is 0 Å². The lowest BCUT2D eigenvalue weighted by Gasteiger charge is -2.19. The number of rotatable bonds is 8. The Hall–Kier alpha value is -1.89. The summed E-state index contributed by atoms with van der Waals surface area (Å²) in [5.74, 6) is 1.18. The molecule has 4 aliphatic rings. The van der Waals surface area contributed by atoms with Gasteiger partial charge in [0, 0.05) is 26.2 Å². The minimum Gasteiger partial charge on any atom is -0.357 e. The van der Waals surface area contributed by atoms with E-state index in [1.54, 1.807) is 0 Å². The van der Waals surface area contributed by atoms with E-state index in [1.165, 1.54) is 43.7 Å². The number of allylic oxidation sites excluding steroid dienone is 2. The van der Waals surface area contributed by atoms with Gasteiger partial charge in [-0.25, -0.2) is 0 Å². The molecular weight excluding hydrogens is 378 g/mol. The zero-order valence-corrected chi connectivity index (χ0v) is 18.3. The Kier molecular flexibility index (Phi) is 7.08. The average molecular weight is 416 g/mol. The molecule has 4 atom stereocenters. The van der Waals surface area contributed by atoms with Gasteiger partial charge in [0.05, 0.1) is 11.8 Å². The monoisotopic (exact) mass is 415 g/mol. The van der Waals surface area contributed by atoms with Crippen molar-refractivity contribution >= 4 is 17.8 Å². The molecule has 7 heteroatoms. The van der Waals surface area contributed by atoms with Crippen molar-refractivity contribution in [1.82, 2.24) is 20.4 Å². The highest BCUT2D eigenvalue weighted by Gasteiger charge is 2.58. The van der Waals surface area contributed by atoms with Crippen LogP contribution in [0.2, 0.25) is 0 Å². The van der Waals surface area contributed by atoms with Crippen LogP contribution < -0.4 is 10.6 Å². The van der Waals surface area contributed by atoms with Gasteiger partial charge in [0.25, 0.3) is 0 Å². The number of amides is 2. The maximum atomic E-state index is 12.8. The standard InChI is InChI=1S/C23H37N5O2/c1-2-24-23(25-10-7-14-27-12-5-3-4-6-13-27)26-11-15-28-21(29)19-17-8-9-18(16-17)20(19)22(28)30/h8-9,17-20H,2-7,10-16H2,1H3,(H2,24,25,26). The zero-order valence-electron chi connectivity index (χ0n) is 18.3. The number of fused-ring (bicyclic) bond motifs is 5. The minimum atomic E-state index is -0.103. The second-order valence-electron chi connectivity index (χ2n) is 9.12. The Bertz CT molecular complexity index is 653. The van der Waals surface area contributed by atoms with E-state index in [1.807, 2.05) is 6.92 Å². The molecule has 0 spiro atoms. The van der Waals surface area contributed by atoms with Crippen LogP contribution in [-0.2, 0) is 9.59 Å². The van der Waals surface area contributed by atoms with Gasteiger partial charge < -0.3 is 15.5 Å². The SMILES string of the molecule is CCNC(=NCCCN1CCCCCC1)NCCN1C(=O)C2C3C=CC(C3)C2C1=O. The highest BCUT2D eigenvalue weighted by molar-refractivity contribution is 6.06. The van der Waals surface area contributed by atoms with E-state index >= 15 is 0 Å². The lowest BCUT2D eigenvalue weighted by atomic mass is 9.85. The lowest BCUT2D eigenvalue weighted by Crippen LogP contribution is -2.43. The Morgan fingerprint density at radius 2 is 1.67 bits per heavy atom. The second-order valence-corrected chi connectivity index (χ2v) is 9.12. The predicted molar refractivity (Wildman–Crippen MR) is 118 cm³/mol. The number of nitrogens with one attached hydrogen (secondary N) is 2. The van der Waals surface area contributed by atoms with Crippen LogP contribution >= 0.6 is 0 Å². The van der Waals surface area contributed by atoms with Crippen molar-refractivity contribution < 1.29 is 9.59 Å². The molecule has 2 N–H and O–H groups in total. The van der Waals surface area contributed by atoms with Gasteiger partial charge in [0.2, 0.25) is 11.8 Å². The first-order valence-corrected chi connectivity index (χ1v) is 12.0. The molecule has 1 saturated carbocycles. The van der Waals surface area contributed by atoms with Crippen LogP contribution in [-0.4, -0.2) is 73.4 Å². The molecule has 2 saturated heterocycles. The van der Waals surface area contributed by atoms with Gasteiger partial charge in [-0.2, -0.15) is 0 Å². The summed E-state index contributed by atoms with van der Waals surface area (Å²) >= 11 is 0. The van der Waals surface area contributed by atoms with Crippen LogP contribution in [0, 0.1) is 23.7 Å². The third-order valence-electron chi connectivity index (χ3n) is 7.13. The predicted octanol–water partition coefficient (Wildman–Crippen LogP) is 1.61. The van der Waals surface area contributed by atoms with Crippen LogP contribution in [0.25, 0.3) is 0 Å². The van der Waals surface area contributed by atoms with Crippen molar-refractivity contribution in [1.29, 1.82) is 0 Å². The van der Waals surface area contributed by atoms with Gasteiger partial charge in [-0.3, -0.25) is 19.5 Å². The highest BCUT2D eigenvalue weighted by atomic mass is 16.2. The summed E-state index contributed by atoms with van der Waals surface area (Å²) in [5, 5.41) is 6.57. The number of carbonyl (C=O) groups excluding carboxylic acids is 2. The first kappa shape index (κ1) is 21.3. The van der Waals surface area contributed by atoms with Crippen LogP contribution in [0.15, 0.2) is 17.1 Å². The molecule has 2 heterocycles. The van der Waals surface area contributed by atoms with Crippen LogP contribution in [0.5, 0.6) is 0 Å². The smallest absolute Gasteiger partial charge is 0.233 e. The molecular formula is C23H37N5O2. The topological polar surface area (TPSA) is 77.0 Å². The number of hydrogen-bond donors (Lipinski definition) is 2. The number of likely N-dealkylation sites (tertiary alicyclic amines) is 2. The Labute approximate surface area is 180 Å². The summed E-state index contributed by atoms with van der Waals surface area (Å²) in [6.45, 7) is 8.13. The van der Waals surface area contributed by atoms with E-state index in [9.17, 15) is 9.59 Å². The van der Waals surface area contributed by atoms with Gasteiger partial charge in [-0.15, -0.1) is 0 Å². The van der Waals surface area contributed by atoms with Crippen molar-refractivity contribution in [2.24, 2.45) is 28.7 Å². The normalized spacial score (nSPS) is 31.4. The van der Waals surface area contributed by atoms with Crippen LogP contribution in [0.3, 0.4) is 0 Å². The number of guanidine groups is 1. The Morgan fingerprint density at radius 3 is 2.30 bits per heavy atom. The van der Waals surface area contributed by atoms with Gasteiger partial charge in [-0.05, 0) is 64.1 Å². The largest absolute Gasteiger partial charge is 0.357 e. The summed E-state index contributed by atoms with van der Waals surface area (Å²) < 4.78 is 0. The number of hydrogen-bond acceptors (Lipinski definition) is 4. The van der Waals surface area contributed by atoms with Crippen molar-refractivity contribution in [2.75, 3.05) is 45.8 Å². The summed E-state index contributed by atoms with van der Waals surface area (Å²) in [6.07, 6.45) is 11.7. The van der Waals surface area contributed by atoms with E-state index < -0.39 is 0 Å². The molecule has 4 rings (SSSR count). The summed E-state index contributed by atoms with van der Waals surface area (Å²) in [7, 11) is 0. The fourth-order valence-corrected chi connectivity index (χ4v) is 5.66. The molecule has 30 heavy (non-hydrogen) atoms. The van der Waals surface area contributed by atoms with Gasteiger partial charge in [0.1, 0.15) is 0 Å². The number of aliphatic imine (C=N–C) groups is 1. The molecule has 7 nitrogen and oxygen atoms in total. The van der Waals surface area contributed by atoms with Crippen molar-refractivity contribution in [3.63, 3.8) is 0 Å². The quantitative estimate of drug-likeness (QED) is 0.207. The average Bonchev–Trinajstić information content (AvgIpc) is 3.34. The van der Waals surface area contributed by atoms with Gasteiger partial charge in [0.15, 0.2) is 5.96 Å². The van der Waals surface area contributed by atoms with E-state index in [-0.39, 0.29) is 35.5 Å². The summed E-state index contributed by atoms with van der Waals surface area (Å²) in [5.41, 5.74) is 0. The molecule has 3 fully saturated rings. The van der Waals surface area contributed by atoms with Gasteiger partial charge >= 0.3 is 0 Å². The summed E-state index contributed by atoms with van der Waals surface area (Å²) in [6, 6.07) is 0. The maximum Gasteiger partial charge on any atom is 0.233 e. The Morgan fingerprint density at radius 1 is 1.00 bits per heavy atom. The molecule has 0 aromatic carbocycles. The highest BCUT2D eigenvalue weighted by Crippen LogP contribution is 2.52. The molecule has 2 aliphatic heterocycles.